The van der Waals surface area contributed by atoms with Gasteiger partial charge in [0, 0.05) is 6.04 Å². The molecule has 2 aromatic heterocycles. The van der Waals surface area contributed by atoms with Gasteiger partial charge in [-0.25, -0.2) is 15.0 Å². The van der Waals surface area contributed by atoms with E-state index in [2.05, 4.69) is 28.8 Å². The largest absolute Gasteiger partial charge is 0.313 e. The molecule has 0 aromatic carbocycles. The number of imidazole rings is 1. The first-order valence-corrected chi connectivity index (χ1v) is 3.91. The summed E-state index contributed by atoms with van der Waals surface area (Å²) in [6, 6.07) is 0.393. The standard InChI is InChI=1S/C8H10N4.CH4/c1-6(2)12-5-11-7-3-9-4-10-8(7)12;/h3-6H,1-2H3;1H4. The minimum Gasteiger partial charge on any atom is -0.313 e. The Bertz CT molecular complexity index is 391. The Balaban J connectivity index is 0.000000845. The molecule has 0 bridgehead atoms. The number of aromatic nitrogens is 4. The van der Waals surface area contributed by atoms with Gasteiger partial charge in [0.2, 0.25) is 0 Å². The van der Waals surface area contributed by atoms with E-state index < -0.39 is 0 Å². The highest BCUT2D eigenvalue weighted by molar-refractivity contribution is 5.68. The van der Waals surface area contributed by atoms with Gasteiger partial charge in [-0.15, -0.1) is 0 Å². The summed E-state index contributed by atoms with van der Waals surface area (Å²) in [6.45, 7) is 4.20. The number of hydrogen-bond acceptors (Lipinski definition) is 3. The molecule has 2 aromatic rings. The first kappa shape index (κ1) is 9.64. The summed E-state index contributed by atoms with van der Waals surface area (Å²) in [4.78, 5) is 12.2. The van der Waals surface area contributed by atoms with E-state index >= 15 is 0 Å². The van der Waals surface area contributed by atoms with Crippen molar-refractivity contribution in [3.63, 3.8) is 0 Å². The van der Waals surface area contributed by atoms with Crippen LogP contribution in [0.4, 0.5) is 0 Å². The van der Waals surface area contributed by atoms with Crippen LogP contribution in [0.3, 0.4) is 0 Å². The highest BCUT2D eigenvalue weighted by atomic mass is 15.1. The minimum absolute atomic E-state index is 0. The van der Waals surface area contributed by atoms with Gasteiger partial charge in [-0.05, 0) is 13.8 Å². The van der Waals surface area contributed by atoms with E-state index in [0.29, 0.717) is 6.04 Å². The summed E-state index contributed by atoms with van der Waals surface area (Å²) in [6.07, 6.45) is 5.06. The molecule has 4 heteroatoms. The smallest absolute Gasteiger partial charge is 0.163 e. The molecule has 0 radical (unpaired) electrons. The summed E-state index contributed by atoms with van der Waals surface area (Å²) in [5, 5.41) is 0. The topological polar surface area (TPSA) is 43.6 Å². The van der Waals surface area contributed by atoms with Gasteiger partial charge in [0.25, 0.3) is 0 Å². The van der Waals surface area contributed by atoms with Crippen molar-refractivity contribution in [1.29, 1.82) is 0 Å². The van der Waals surface area contributed by atoms with Crippen LogP contribution in [0.1, 0.15) is 27.3 Å². The van der Waals surface area contributed by atoms with Crippen molar-refractivity contribution in [2.75, 3.05) is 0 Å². The molecule has 0 amide bonds. The first-order chi connectivity index (χ1) is 5.79. The Morgan fingerprint density at radius 1 is 1.31 bits per heavy atom. The Kier molecular flexibility index (Phi) is 2.60. The monoisotopic (exact) mass is 178 g/mol. The van der Waals surface area contributed by atoms with Crippen LogP contribution < -0.4 is 0 Å². The van der Waals surface area contributed by atoms with E-state index in [-0.39, 0.29) is 7.43 Å². The molecule has 2 heterocycles. The van der Waals surface area contributed by atoms with E-state index in [1.54, 1.807) is 18.9 Å². The van der Waals surface area contributed by atoms with E-state index in [1.807, 2.05) is 4.57 Å². The summed E-state index contributed by atoms with van der Waals surface area (Å²) >= 11 is 0. The van der Waals surface area contributed by atoms with Crippen LogP contribution in [0.25, 0.3) is 11.2 Å². The Labute approximate surface area is 77.7 Å². The summed E-state index contributed by atoms with van der Waals surface area (Å²) in [5.74, 6) is 0. The fourth-order valence-corrected chi connectivity index (χ4v) is 1.16. The van der Waals surface area contributed by atoms with Crippen molar-refractivity contribution in [2.24, 2.45) is 0 Å². The van der Waals surface area contributed by atoms with Crippen LogP contribution in [0.5, 0.6) is 0 Å². The lowest BCUT2D eigenvalue weighted by Gasteiger charge is -2.05. The highest BCUT2D eigenvalue weighted by Crippen LogP contribution is 2.12. The number of fused-ring (bicyclic) bond motifs is 1. The van der Waals surface area contributed by atoms with Gasteiger partial charge in [-0.2, -0.15) is 0 Å². The van der Waals surface area contributed by atoms with E-state index in [4.69, 9.17) is 0 Å². The minimum atomic E-state index is 0. The van der Waals surface area contributed by atoms with E-state index in [1.165, 1.54) is 0 Å². The molecule has 0 N–H and O–H groups in total. The molecule has 13 heavy (non-hydrogen) atoms. The second-order valence-electron chi connectivity index (χ2n) is 2.98. The second kappa shape index (κ2) is 3.51. The highest BCUT2D eigenvalue weighted by Gasteiger charge is 2.04. The number of rotatable bonds is 1. The maximum Gasteiger partial charge on any atom is 0.163 e. The first-order valence-electron chi connectivity index (χ1n) is 3.91. The Morgan fingerprint density at radius 3 is 2.77 bits per heavy atom. The third-order valence-corrected chi connectivity index (χ3v) is 1.79. The Hall–Kier alpha value is -1.45. The average Bonchev–Trinajstić information content (AvgIpc) is 2.47. The molecule has 0 unspecified atom stereocenters. The SMILES string of the molecule is C.CC(C)n1cnc2cncnc21. The average molecular weight is 178 g/mol. The molecular formula is C9H14N4. The quantitative estimate of drug-likeness (QED) is 0.671. The molecular weight excluding hydrogens is 164 g/mol. The maximum atomic E-state index is 4.18. The second-order valence-corrected chi connectivity index (χ2v) is 2.98. The third-order valence-electron chi connectivity index (χ3n) is 1.79. The van der Waals surface area contributed by atoms with Gasteiger partial charge in [-0.1, -0.05) is 7.43 Å². The third kappa shape index (κ3) is 1.52. The normalized spacial score (nSPS) is 10.4. The van der Waals surface area contributed by atoms with Crippen molar-refractivity contribution in [2.45, 2.75) is 27.3 Å². The van der Waals surface area contributed by atoms with Crippen molar-refractivity contribution < 1.29 is 0 Å². The molecule has 4 nitrogen and oxygen atoms in total. The lowest BCUT2D eigenvalue weighted by molar-refractivity contribution is 0.612. The molecule has 0 atom stereocenters. The van der Waals surface area contributed by atoms with E-state index in [0.717, 1.165) is 11.2 Å². The molecule has 0 aliphatic carbocycles. The zero-order valence-corrected chi connectivity index (χ0v) is 7.10. The van der Waals surface area contributed by atoms with Crippen LogP contribution in [-0.2, 0) is 0 Å². The lowest BCUT2D eigenvalue weighted by Crippen LogP contribution is -1.99. The van der Waals surface area contributed by atoms with Gasteiger partial charge in [0.1, 0.15) is 11.8 Å². The van der Waals surface area contributed by atoms with Crippen LogP contribution in [0.2, 0.25) is 0 Å². The van der Waals surface area contributed by atoms with E-state index in [9.17, 15) is 0 Å². The fraction of sp³-hybridized carbons (Fsp3) is 0.444. The number of nitrogens with zero attached hydrogens (tertiary/aromatic N) is 4. The van der Waals surface area contributed by atoms with Crippen molar-refractivity contribution in [1.82, 2.24) is 19.5 Å². The summed E-state index contributed by atoms with van der Waals surface area (Å²) in [7, 11) is 0. The van der Waals surface area contributed by atoms with Gasteiger partial charge >= 0.3 is 0 Å². The number of hydrogen-bond donors (Lipinski definition) is 0. The molecule has 70 valence electrons. The molecule has 0 spiro atoms. The predicted molar refractivity (Wildman–Crippen MR) is 52.4 cm³/mol. The predicted octanol–water partition coefficient (Wildman–Crippen LogP) is 2.04. The molecule has 0 aliphatic heterocycles. The van der Waals surface area contributed by atoms with Crippen LogP contribution in [-0.4, -0.2) is 19.5 Å². The molecule has 2 rings (SSSR count). The van der Waals surface area contributed by atoms with Crippen LogP contribution in [0.15, 0.2) is 18.9 Å². The van der Waals surface area contributed by atoms with Crippen LogP contribution in [0, 0.1) is 0 Å². The molecule has 0 saturated heterocycles. The van der Waals surface area contributed by atoms with Gasteiger partial charge in [0.15, 0.2) is 5.65 Å². The van der Waals surface area contributed by atoms with Gasteiger partial charge < -0.3 is 4.57 Å². The van der Waals surface area contributed by atoms with Crippen LogP contribution >= 0.6 is 0 Å². The van der Waals surface area contributed by atoms with Gasteiger partial charge in [-0.3, -0.25) is 0 Å². The van der Waals surface area contributed by atoms with Crippen molar-refractivity contribution in [3.05, 3.63) is 18.9 Å². The summed E-state index contributed by atoms with van der Waals surface area (Å²) in [5.41, 5.74) is 1.76. The van der Waals surface area contributed by atoms with Crippen molar-refractivity contribution in [3.8, 4) is 0 Å². The molecule has 0 saturated carbocycles. The zero-order valence-electron chi connectivity index (χ0n) is 7.10. The maximum absolute atomic E-state index is 4.18. The molecule has 0 fully saturated rings. The zero-order chi connectivity index (χ0) is 8.55. The van der Waals surface area contributed by atoms with Crippen molar-refractivity contribution >= 4 is 11.2 Å². The van der Waals surface area contributed by atoms with Gasteiger partial charge in [0.05, 0.1) is 12.5 Å². The summed E-state index contributed by atoms with van der Waals surface area (Å²) < 4.78 is 2.02. The fourth-order valence-electron chi connectivity index (χ4n) is 1.16. The Morgan fingerprint density at radius 2 is 2.08 bits per heavy atom. The molecule has 0 aliphatic rings. The lowest BCUT2D eigenvalue weighted by atomic mass is 10.4.